The molecule has 2 aromatic carbocycles. The molecule has 2 aliphatic heterocycles. The topological polar surface area (TPSA) is 42.2 Å². The first-order chi connectivity index (χ1) is 16.8. The number of morpholine rings is 2. The number of rotatable bonds is 4. The Morgan fingerprint density at radius 1 is 0.857 bits per heavy atom. The summed E-state index contributed by atoms with van der Waals surface area (Å²) in [5, 5.41) is 2.20. The van der Waals surface area contributed by atoms with E-state index in [4.69, 9.17) is 14.2 Å². The zero-order valence-electron chi connectivity index (χ0n) is 20.0. The third-order valence-electron chi connectivity index (χ3n) is 6.86. The van der Waals surface area contributed by atoms with Crippen LogP contribution in [-0.4, -0.2) is 66.5 Å². The van der Waals surface area contributed by atoms with Crippen molar-refractivity contribution in [3.8, 4) is 0 Å². The first-order valence-corrected chi connectivity index (χ1v) is 13.5. The van der Waals surface area contributed by atoms with Crippen molar-refractivity contribution < 1.29 is 22.6 Å². The normalized spacial score (nSPS) is 18.8. The summed E-state index contributed by atoms with van der Waals surface area (Å²) in [4.78, 5) is 0. The third kappa shape index (κ3) is 4.45. The molecule has 0 unspecified atom stereocenters. The molecule has 6 nitrogen and oxygen atoms in total. The van der Waals surface area contributed by atoms with Crippen molar-refractivity contribution >= 4 is 29.3 Å². The molecule has 0 atom stereocenters. The molecule has 35 heavy (non-hydrogen) atoms. The fourth-order valence-corrected chi connectivity index (χ4v) is 9.35. The fourth-order valence-electron chi connectivity index (χ4n) is 5.09. The van der Waals surface area contributed by atoms with E-state index in [1.807, 2.05) is 19.2 Å². The summed E-state index contributed by atoms with van der Waals surface area (Å²) in [6, 6.07) is 13.6. The van der Waals surface area contributed by atoms with Gasteiger partial charge in [0.1, 0.15) is 7.36 Å². The van der Waals surface area contributed by atoms with Crippen molar-refractivity contribution in [3.63, 3.8) is 0 Å². The minimum absolute atomic E-state index is 0.346. The highest BCUT2D eigenvalue weighted by atomic mass is 31.2. The molecule has 2 fully saturated rings. The molecule has 3 heterocycles. The van der Waals surface area contributed by atoms with Crippen LogP contribution in [0.2, 0.25) is 0 Å². The van der Waals surface area contributed by atoms with Gasteiger partial charge >= 0.3 is 6.18 Å². The highest BCUT2D eigenvalue weighted by Gasteiger charge is 2.42. The van der Waals surface area contributed by atoms with E-state index in [9.17, 15) is 13.2 Å². The Morgan fingerprint density at radius 2 is 1.46 bits per heavy atom. The molecule has 0 saturated carbocycles. The molecular weight excluding hydrogens is 476 g/mol. The second kappa shape index (κ2) is 9.71. The lowest BCUT2D eigenvalue weighted by atomic mass is 10.2. The van der Waals surface area contributed by atoms with E-state index < -0.39 is 19.1 Å². The molecule has 2 saturated heterocycles. The van der Waals surface area contributed by atoms with Gasteiger partial charge in [0.2, 0.25) is 0 Å². The van der Waals surface area contributed by atoms with E-state index in [1.54, 1.807) is 6.07 Å². The van der Waals surface area contributed by atoms with Gasteiger partial charge in [-0.1, -0.05) is 24.3 Å². The highest BCUT2D eigenvalue weighted by molar-refractivity contribution is 7.70. The molecule has 0 radical (unpaired) electrons. The summed E-state index contributed by atoms with van der Waals surface area (Å²) in [6.07, 6.45) is -4.43. The first-order valence-electron chi connectivity index (χ1n) is 11.8. The second-order valence-corrected chi connectivity index (χ2v) is 11.8. The summed E-state index contributed by atoms with van der Waals surface area (Å²) < 4.78 is 64.5. The number of para-hydroxylation sites is 1. The summed E-state index contributed by atoms with van der Waals surface area (Å²) >= 11 is 0. The van der Waals surface area contributed by atoms with Gasteiger partial charge in [-0.2, -0.15) is 13.2 Å². The van der Waals surface area contributed by atoms with Crippen LogP contribution in [0, 0.1) is 6.92 Å². The lowest BCUT2D eigenvalue weighted by molar-refractivity contribution is -0.137. The van der Waals surface area contributed by atoms with Crippen molar-refractivity contribution in [1.29, 1.82) is 0 Å². The quantitative estimate of drug-likeness (QED) is 0.459. The monoisotopic (exact) mass is 506 g/mol. The standard InChI is InChI=1S/C25H30F3N4O2P/c1-19-24(22-8-3-4-9-23(22)30(19)2)35(31-10-14-33-15-11-31,32-12-16-34-17-13-32)29-21-7-5-6-20(18-21)25(26,27)28/h3-9,18H,10-17H2,1-2H3. The lowest BCUT2D eigenvalue weighted by Gasteiger charge is -2.47. The molecule has 3 aromatic rings. The van der Waals surface area contributed by atoms with Gasteiger partial charge in [-0.3, -0.25) is 0 Å². The maximum Gasteiger partial charge on any atom is 0.416 e. The predicted octanol–water partition coefficient (Wildman–Crippen LogP) is 5.16. The fraction of sp³-hybridized carbons (Fsp3) is 0.440. The third-order valence-corrected chi connectivity index (χ3v) is 10.9. The number of alkyl halides is 3. The number of hydrogen-bond acceptors (Lipinski definition) is 3. The van der Waals surface area contributed by atoms with Crippen LogP contribution in [0.4, 0.5) is 18.9 Å². The lowest BCUT2D eigenvalue weighted by Crippen LogP contribution is -2.46. The average molecular weight is 507 g/mol. The van der Waals surface area contributed by atoms with Crippen molar-refractivity contribution in [3.05, 3.63) is 59.8 Å². The first kappa shape index (κ1) is 24.5. The molecule has 0 amide bonds. The SMILES string of the molecule is Cc1c(P(=Nc2cccc(C(F)(F)F)c2)(N2CCOCC2)N2CCOCC2)c2ccccc2n1C. The molecular formula is C25H30F3N4O2P. The van der Waals surface area contributed by atoms with E-state index in [-0.39, 0.29) is 0 Å². The number of aromatic nitrogens is 1. The number of nitrogens with zero attached hydrogens (tertiary/aromatic N) is 4. The molecule has 0 aliphatic carbocycles. The van der Waals surface area contributed by atoms with Gasteiger partial charge in [0, 0.05) is 55.1 Å². The number of halogens is 3. The zero-order chi connectivity index (χ0) is 24.6. The molecule has 0 spiro atoms. The van der Waals surface area contributed by atoms with Crippen LogP contribution in [0.25, 0.3) is 10.9 Å². The van der Waals surface area contributed by atoms with Crippen LogP contribution in [0.1, 0.15) is 11.3 Å². The Morgan fingerprint density at radius 3 is 2.06 bits per heavy atom. The number of hydrogen-bond donors (Lipinski definition) is 0. The van der Waals surface area contributed by atoms with E-state index >= 15 is 0 Å². The minimum Gasteiger partial charge on any atom is -0.379 e. The van der Waals surface area contributed by atoms with Gasteiger partial charge in [0.15, 0.2) is 0 Å². The van der Waals surface area contributed by atoms with E-state index in [0.29, 0.717) is 58.3 Å². The summed E-state index contributed by atoms with van der Waals surface area (Å²) in [5.41, 5.74) is 1.83. The van der Waals surface area contributed by atoms with E-state index in [1.165, 1.54) is 12.1 Å². The van der Waals surface area contributed by atoms with Gasteiger partial charge in [0.25, 0.3) is 0 Å². The number of ether oxygens (including phenoxy) is 2. The van der Waals surface area contributed by atoms with Gasteiger partial charge in [0.05, 0.1) is 37.7 Å². The van der Waals surface area contributed by atoms with Crippen molar-refractivity contribution in [2.45, 2.75) is 13.1 Å². The Bertz CT molecular complexity index is 1240. The minimum atomic E-state index is -4.43. The molecule has 0 bridgehead atoms. The van der Waals surface area contributed by atoms with Crippen molar-refractivity contribution in [1.82, 2.24) is 13.9 Å². The Labute approximate surface area is 203 Å². The van der Waals surface area contributed by atoms with E-state index in [0.717, 1.165) is 28.0 Å². The summed E-state index contributed by atoms with van der Waals surface area (Å²) in [7, 11) is -0.672. The average Bonchev–Trinajstić information content (AvgIpc) is 3.13. The van der Waals surface area contributed by atoms with Crippen molar-refractivity contribution in [2.75, 3.05) is 52.6 Å². The molecule has 1 aromatic heterocycles. The van der Waals surface area contributed by atoms with Crippen LogP contribution < -0.4 is 5.30 Å². The van der Waals surface area contributed by atoms with Gasteiger partial charge in [-0.25, -0.2) is 14.1 Å². The number of benzene rings is 2. The molecule has 2 aliphatic rings. The second-order valence-electron chi connectivity index (χ2n) is 8.86. The number of aryl methyl sites for hydroxylation is 1. The summed E-state index contributed by atoms with van der Waals surface area (Å²) in [6.45, 7) is 7.00. The van der Waals surface area contributed by atoms with Gasteiger partial charge < -0.3 is 14.0 Å². The van der Waals surface area contributed by atoms with E-state index in [2.05, 4.69) is 33.0 Å². The largest absolute Gasteiger partial charge is 0.416 e. The van der Waals surface area contributed by atoms with Crippen LogP contribution in [0.15, 0.2) is 53.3 Å². The Balaban J connectivity index is 1.86. The van der Waals surface area contributed by atoms with Crippen LogP contribution in [0.3, 0.4) is 0 Å². The molecule has 5 rings (SSSR count). The Hall–Kier alpha value is -2.16. The molecule has 10 heteroatoms. The summed E-state index contributed by atoms with van der Waals surface area (Å²) in [5.74, 6) is 0. The van der Waals surface area contributed by atoms with Gasteiger partial charge in [-0.15, -0.1) is 0 Å². The molecule has 0 N–H and O–H groups in total. The van der Waals surface area contributed by atoms with Crippen LogP contribution in [-0.2, 0) is 22.7 Å². The predicted molar refractivity (Wildman–Crippen MR) is 133 cm³/mol. The molecule has 188 valence electrons. The maximum atomic E-state index is 13.6. The smallest absolute Gasteiger partial charge is 0.379 e. The zero-order valence-corrected chi connectivity index (χ0v) is 20.9. The number of fused-ring (bicyclic) bond motifs is 1. The van der Waals surface area contributed by atoms with Gasteiger partial charge in [-0.05, 0) is 31.2 Å². The Kier molecular flexibility index (Phi) is 6.81. The van der Waals surface area contributed by atoms with Crippen LogP contribution >= 0.6 is 7.36 Å². The highest BCUT2D eigenvalue weighted by Crippen LogP contribution is 2.60. The van der Waals surface area contributed by atoms with Crippen molar-refractivity contribution in [2.24, 2.45) is 11.8 Å². The maximum absolute atomic E-state index is 13.6. The van der Waals surface area contributed by atoms with Crippen LogP contribution in [0.5, 0.6) is 0 Å².